The number of pyridine rings is 1. The fraction of sp³-hybridized carbons (Fsp3) is 0.308. The van der Waals surface area contributed by atoms with Crippen LogP contribution in [-0.2, 0) is 4.74 Å². The van der Waals surface area contributed by atoms with Crippen LogP contribution in [-0.4, -0.2) is 36.4 Å². The summed E-state index contributed by atoms with van der Waals surface area (Å²) < 4.78 is 5.34. The van der Waals surface area contributed by atoms with Crippen LogP contribution in [0.4, 0.5) is 5.82 Å². The Labute approximate surface area is 99.5 Å². The third kappa shape index (κ3) is 1.91. The van der Waals surface area contributed by atoms with Crippen molar-refractivity contribution in [3.63, 3.8) is 0 Å². The highest BCUT2D eigenvalue weighted by molar-refractivity contribution is 5.93. The Bertz CT molecular complexity index is 536. The molecule has 4 nitrogen and oxygen atoms in total. The monoisotopic (exact) mass is 230 g/mol. The number of fused-ring (bicyclic) bond motifs is 1. The highest BCUT2D eigenvalue weighted by Gasteiger charge is 2.15. The van der Waals surface area contributed by atoms with Gasteiger partial charge >= 0.3 is 0 Å². The molecule has 0 bridgehead atoms. The summed E-state index contributed by atoms with van der Waals surface area (Å²) in [7, 11) is 0. The molecule has 1 aliphatic heterocycles. The van der Waals surface area contributed by atoms with Gasteiger partial charge in [-0.3, -0.25) is 0 Å². The van der Waals surface area contributed by atoms with Gasteiger partial charge in [-0.05, 0) is 23.6 Å². The van der Waals surface area contributed by atoms with E-state index < -0.39 is 0 Å². The normalized spacial score (nSPS) is 16.4. The van der Waals surface area contributed by atoms with Crippen molar-refractivity contribution in [3.8, 4) is 5.75 Å². The summed E-state index contributed by atoms with van der Waals surface area (Å²) in [4.78, 5) is 6.63. The van der Waals surface area contributed by atoms with Crippen molar-refractivity contribution >= 4 is 16.6 Å². The van der Waals surface area contributed by atoms with Crippen molar-refractivity contribution in [2.75, 3.05) is 31.2 Å². The van der Waals surface area contributed by atoms with Gasteiger partial charge in [-0.25, -0.2) is 4.98 Å². The number of rotatable bonds is 1. The van der Waals surface area contributed by atoms with Gasteiger partial charge in [0.1, 0.15) is 11.6 Å². The molecule has 1 N–H and O–H groups in total. The standard InChI is InChI=1S/C13H14N2O2/c16-11-2-1-10-3-4-14-13(12(10)9-11)15-5-7-17-8-6-15/h1-4,9,16H,5-8H2. The number of aromatic nitrogens is 1. The number of nitrogens with zero attached hydrogens (tertiary/aromatic N) is 2. The molecule has 0 atom stereocenters. The van der Waals surface area contributed by atoms with Crippen molar-refractivity contribution in [1.29, 1.82) is 0 Å². The molecular weight excluding hydrogens is 216 g/mol. The van der Waals surface area contributed by atoms with Crippen LogP contribution in [0.1, 0.15) is 0 Å². The smallest absolute Gasteiger partial charge is 0.136 e. The van der Waals surface area contributed by atoms with Crippen molar-refractivity contribution in [1.82, 2.24) is 4.98 Å². The number of hydrogen-bond donors (Lipinski definition) is 1. The lowest BCUT2D eigenvalue weighted by molar-refractivity contribution is 0.122. The second-order valence-electron chi connectivity index (χ2n) is 4.14. The molecule has 1 aromatic heterocycles. The summed E-state index contributed by atoms with van der Waals surface area (Å²) in [5, 5.41) is 11.7. The minimum Gasteiger partial charge on any atom is -0.508 e. The minimum atomic E-state index is 0.278. The highest BCUT2D eigenvalue weighted by Crippen LogP contribution is 2.27. The Morgan fingerprint density at radius 2 is 2.00 bits per heavy atom. The van der Waals surface area contributed by atoms with Gasteiger partial charge in [0.25, 0.3) is 0 Å². The topological polar surface area (TPSA) is 45.6 Å². The van der Waals surface area contributed by atoms with Crippen LogP contribution in [0.25, 0.3) is 10.8 Å². The van der Waals surface area contributed by atoms with Crippen LogP contribution < -0.4 is 4.90 Å². The molecule has 2 aromatic rings. The van der Waals surface area contributed by atoms with Gasteiger partial charge in [0.2, 0.25) is 0 Å². The van der Waals surface area contributed by atoms with Gasteiger partial charge in [0.05, 0.1) is 13.2 Å². The SMILES string of the molecule is Oc1ccc2ccnc(N3CCOCC3)c2c1. The Kier molecular flexibility index (Phi) is 2.57. The molecule has 0 saturated carbocycles. The van der Waals surface area contributed by atoms with Crippen LogP contribution in [0.15, 0.2) is 30.5 Å². The van der Waals surface area contributed by atoms with Crippen LogP contribution in [0.5, 0.6) is 5.75 Å². The number of morpholine rings is 1. The number of hydrogen-bond acceptors (Lipinski definition) is 4. The molecule has 1 saturated heterocycles. The summed E-state index contributed by atoms with van der Waals surface area (Å²) >= 11 is 0. The van der Waals surface area contributed by atoms with Gasteiger partial charge in [-0.1, -0.05) is 6.07 Å². The third-order valence-corrected chi connectivity index (χ3v) is 3.04. The molecule has 2 heterocycles. The number of phenolic OH excluding ortho intramolecular Hbond substituents is 1. The lowest BCUT2D eigenvalue weighted by atomic mass is 10.1. The first-order valence-corrected chi connectivity index (χ1v) is 5.75. The fourth-order valence-corrected chi connectivity index (χ4v) is 2.17. The molecule has 1 aliphatic rings. The van der Waals surface area contributed by atoms with E-state index >= 15 is 0 Å². The highest BCUT2D eigenvalue weighted by atomic mass is 16.5. The van der Waals surface area contributed by atoms with Gasteiger partial charge in [-0.2, -0.15) is 0 Å². The van der Waals surface area contributed by atoms with Gasteiger partial charge in [0.15, 0.2) is 0 Å². The van der Waals surface area contributed by atoms with E-state index in [4.69, 9.17) is 4.74 Å². The van der Waals surface area contributed by atoms with E-state index in [-0.39, 0.29) is 5.75 Å². The zero-order valence-corrected chi connectivity index (χ0v) is 9.47. The summed E-state index contributed by atoms with van der Waals surface area (Å²) in [5.74, 6) is 1.21. The second-order valence-corrected chi connectivity index (χ2v) is 4.14. The maximum atomic E-state index is 9.58. The number of ether oxygens (including phenoxy) is 1. The van der Waals surface area contributed by atoms with Crippen LogP contribution in [0.2, 0.25) is 0 Å². The zero-order chi connectivity index (χ0) is 11.7. The minimum absolute atomic E-state index is 0.278. The first-order valence-electron chi connectivity index (χ1n) is 5.75. The van der Waals surface area contributed by atoms with E-state index in [1.165, 1.54) is 0 Å². The average Bonchev–Trinajstić information content (AvgIpc) is 2.39. The first-order chi connectivity index (χ1) is 8.34. The molecular formula is C13H14N2O2. The summed E-state index contributed by atoms with van der Waals surface area (Å²) in [6, 6.07) is 7.34. The van der Waals surface area contributed by atoms with E-state index in [2.05, 4.69) is 9.88 Å². The Balaban J connectivity index is 2.11. The second kappa shape index (κ2) is 4.22. The molecule has 0 radical (unpaired) electrons. The lowest BCUT2D eigenvalue weighted by Gasteiger charge is -2.28. The largest absolute Gasteiger partial charge is 0.508 e. The molecule has 1 fully saturated rings. The molecule has 88 valence electrons. The predicted molar refractivity (Wildman–Crippen MR) is 66.4 cm³/mol. The van der Waals surface area contributed by atoms with Gasteiger partial charge < -0.3 is 14.7 Å². The van der Waals surface area contributed by atoms with Crippen molar-refractivity contribution in [2.24, 2.45) is 0 Å². The van der Waals surface area contributed by atoms with E-state index in [0.29, 0.717) is 0 Å². The predicted octanol–water partition coefficient (Wildman–Crippen LogP) is 1.78. The molecule has 0 unspecified atom stereocenters. The number of aromatic hydroxyl groups is 1. The van der Waals surface area contributed by atoms with Crippen molar-refractivity contribution in [2.45, 2.75) is 0 Å². The summed E-state index contributed by atoms with van der Waals surface area (Å²) in [6.45, 7) is 3.16. The van der Waals surface area contributed by atoms with Crippen LogP contribution >= 0.6 is 0 Å². The molecule has 17 heavy (non-hydrogen) atoms. The van der Waals surface area contributed by atoms with Gasteiger partial charge in [-0.15, -0.1) is 0 Å². The first kappa shape index (κ1) is 10.4. The van der Waals surface area contributed by atoms with Crippen molar-refractivity contribution < 1.29 is 9.84 Å². The molecule has 0 aliphatic carbocycles. The molecule has 0 spiro atoms. The summed E-state index contributed by atoms with van der Waals surface area (Å²) in [5.41, 5.74) is 0. The maximum absolute atomic E-state index is 9.58. The van der Waals surface area contributed by atoms with E-state index in [1.807, 2.05) is 18.3 Å². The number of benzene rings is 1. The molecule has 4 heteroatoms. The van der Waals surface area contributed by atoms with Gasteiger partial charge in [0, 0.05) is 24.7 Å². The Morgan fingerprint density at radius 3 is 2.82 bits per heavy atom. The molecule has 0 amide bonds. The Morgan fingerprint density at radius 1 is 1.18 bits per heavy atom. The van der Waals surface area contributed by atoms with E-state index in [9.17, 15) is 5.11 Å². The third-order valence-electron chi connectivity index (χ3n) is 3.04. The van der Waals surface area contributed by atoms with Crippen LogP contribution in [0.3, 0.4) is 0 Å². The molecule has 3 rings (SSSR count). The van der Waals surface area contributed by atoms with E-state index in [1.54, 1.807) is 12.1 Å². The maximum Gasteiger partial charge on any atom is 0.136 e. The lowest BCUT2D eigenvalue weighted by Crippen LogP contribution is -2.36. The zero-order valence-electron chi connectivity index (χ0n) is 9.47. The van der Waals surface area contributed by atoms with Crippen LogP contribution in [0, 0.1) is 0 Å². The number of phenols is 1. The molecule has 1 aromatic carbocycles. The van der Waals surface area contributed by atoms with Crippen molar-refractivity contribution in [3.05, 3.63) is 30.5 Å². The summed E-state index contributed by atoms with van der Waals surface area (Å²) in [6.07, 6.45) is 1.81. The van der Waals surface area contributed by atoms with E-state index in [0.717, 1.165) is 42.9 Å². The quantitative estimate of drug-likeness (QED) is 0.811. The Hall–Kier alpha value is -1.81. The number of anilines is 1. The fourth-order valence-electron chi connectivity index (χ4n) is 2.17. The average molecular weight is 230 g/mol.